The Morgan fingerprint density at radius 1 is 1.19 bits per heavy atom. The fourth-order valence-corrected chi connectivity index (χ4v) is 4.65. The summed E-state index contributed by atoms with van der Waals surface area (Å²) in [4.78, 5) is 24.1. The molecule has 1 saturated heterocycles. The maximum Gasteiger partial charge on any atom is 0.233 e. The Balaban J connectivity index is 1.63. The average molecular weight is 369 g/mol. The monoisotopic (exact) mass is 369 g/mol. The zero-order valence-corrected chi connectivity index (χ0v) is 16.2. The fourth-order valence-electron chi connectivity index (χ4n) is 3.84. The van der Waals surface area contributed by atoms with Crippen LogP contribution in [0, 0.1) is 6.92 Å². The van der Waals surface area contributed by atoms with Crippen LogP contribution >= 0.6 is 11.8 Å². The number of carbonyl (C=O) groups excluding carboxylic acids is 1. The highest BCUT2D eigenvalue weighted by atomic mass is 32.2. The van der Waals surface area contributed by atoms with Crippen LogP contribution in [0.5, 0.6) is 0 Å². The number of likely N-dealkylation sites (tertiary alicyclic amines) is 1. The number of hydrogen-bond acceptors (Lipinski definition) is 5. The third-order valence-electron chi connectivity index (χ3n) is 5.06. The Labute approximate surface area is 157 Å². The van der Waals surface area contributed by atoms with E-state index >= 15 is 0 Å². The third kappa shape index (κ3) is 3.05. The first-order chi connectivity index (χ1) is 12.5. The van der Waals surface area contributed by atoms with Gasteiger partial charge in [-0.15, -0.1) is 5.10 Å². The Bertz CT molecular complexity index is 959. The Morgan fingerprint density at radius 2 is 1.92 bits per heavy atom. The topological polar surface area (TPSA) is 63.4 Å². The number of piperidine rings is 1. The maximum absolute atomic E-state index is 12.8. The highest BCUT2D eigenvalue weighted by molar-refractivity contribution is 7.99. The standard InChI is InChI=1S/C19H23N5OS/c1-12-7-6-8-13(2)23(12)17(25)11-26-19-21-16-10-5-4-9-15(16)18-20-14(3)22-24(18)19/h4-5,9-10,12-13H,6-8,11H2,1-3H3. The van der Waals surface area contributed by atoms with Crippen molar-refractivity contribution in [1.82, 2.24) is 24.5 Å². The summed E-state index contributed by atoms with van der Waals surface area (Å²) in [6.07, 6.45) is 3.37. The molecule has 1 aromatic carbocycles. The molecule has 26 heavy (non-hydrogen) atoms. The van der Waals surface area contributed by atoms with Gasteiger partial charge in [0.2, 0.25) is 5.91 Å². The van der Waals surface area contributed by atoms with Gasteiger partial charge in [0.25, 0.3) is 0 Å². The zero-order chi connectivity index (χ0) is 18.3. The van der Waals surface area contributed by atoms with Crippen molar-refractivity contribution in [2.75, 3.05) is 5.75 Å². The molecule has 0 radical (unpaired) electrons. The van der Waals surface area contributed by atoms with Crippen molar-refractivity contribution in [1.29, 1.82) is 0 Å². The van der Waals surface area contributed by atoms with E-state index in [1.165, 1.54) is 18.2 Å². The van der Waals surface area contributed by atoms with E-state index in [4.69, 9.17) is 4.98 Å². The number of aromatic nitrogens is 4. The average Bonchev–Trinajstić information content (AvgIpc) is 3.01. The summed E-state index contributed by atoms with van der Waals surface area (Å²) >= 11 is 1.44. The third-order valence-corrected chi connectivity index (χ3v) is 5.98. The molecule has 1 aliphatic heterocycles. The SMILES string of the molecule is Cc1nc2c3ccccc3nc(SCC(=O)N3C(C)CCCC3C)n2n1. The molecule has 1 amide bonds. The van der Waals surface area contributed by atoms with Crippen molar-refractivity contribution in [2.45, 2.75) is 57.3 Å². The van der Waals surface area contributed by atoms with Crippen molar-refractivity contribution >= 4 is 34.2 Å². The van der Waals surface area contributed by atoms with Crippen molar-refractivity contribution in [2.24, 2.45) is 0 Å². The van der Waals surface area contributed by atoms with Crippen LogP contribution in [0.15, 0.2) is 29.4 Å². The van der Waals surface area contributed by atoms with Gasteiger partial charge in [-0.05, 0) is 52.2 Å². The summed E-state index contributed by atoms with van der Waals surface area (Å²) in [5.74, 6) is 1.25. The second-order valence-electron chi connectivity index (χ2n) is 7.02. The number of nitrogens with zero attached hydrogens (tertiary/aromatic N) is 5. The lowest BCUT2D eigenvalue weighted by Gasteiger charge is -2.39. The molecule has 7 heteroatoms. The molecule has 6 nitrogen and oxygen atoms in total. The van der Waals surface area contributed by atoms with Crippen LogP contribution in [0.1, 0.15) is 38.9 Å². The molecule has 0 saturated carbocycles. The van der Waals surface area contributed by atoms with Crippen LogP contribution in [0.3, 0.4) is 0 Å². The quantitative estimate of drug-likeness (QED) is 0.522. The van der Waals surface area contributed by atoms with Gasteiger partial charge in [-0.3, -0.25) is 4.79 Å². The van der Waals surface area contributed by atoms with Gasteiger partial charge in [-0.1, -0.05) is 23.9 Å². The van der Waals surface area contributed by atoms with E-state index in [0.29, 0.717) is 28.8 Å². The van der Waals surface area contributed by atoms with E-state index in [0.717, 1.165) is 29.4 Å². The van der Waals surface area contributed by atoms with Crippen LogP contribution < -0.4 is 0 Å². The highest BCUT2D eigenvalue weighted by Crippen LogP contribution is 2.27. The van der Waals surface area contributed by atoms with E-state index in [1.807, 2.05) is 36.1 Å². The van der Waals surface area contributed by atoms with Crippen LogP contribution in [0.25, 0.3) is 16.6 Å². The molecule has 4 rings (SSSR count). The predicted octanol–water partition coefficient (Wildman–Crippen LogP) is 3.47. The summed E-state index contributed by atoms with van der Waals surface area (Å²) in [5.41, 5.74) is 1.67. The number of hydrogen-bond donors (Lipinski definition) is 0. The summed E-state index contributed by atoms with van der Waals surface area (Å²) < 4.78 is 1.76. The predicted molar refractivity (Wildman–Crippen MR) is 103 cm³/mol. The molecule has 2 unspecified atom stereocenters. The second-order valence-corrected chi connectivity index (χ2v) is 7.97. The molecule has 0 aliphatic carbocycles. The smallest absolute Gasteiger partial charge is 0.233 e. The number of aryl methyl sites for hydroxylation is 1. The number of amides is 1. The lowest BCUT2D eigenvalue weighted by molar-refractivity contribution is -0.134. The number of benzene rings is 1. The molecule has 0 N–H and O–H groups in total. The molecule has 1 aliphatic rings. The second kappa shape index (κ2) is 6.87. The van der Waals surface area contributed by atoms with Gasteiger partial charge in [0.15, 0.2) is 10.8 Å². The minimum atomic E-state index is 0.176. The Morgan fingerprint density at radius 3 is 2.69 bits per heavy atom. The van der Waals surface area contributed by atoms with Gasteiger partial charge >= 0.3 is 0 Å². The van der Waals surface area contributed by atoms with Crippen LogP contribution in [-0.4, -0.2) is 48.2 Å². The van der Waals surface area contributed by atoms with E-state index in [-0.39, 0.29) is 5.91 Å². The van der Waals surface area contributed by atoms with Gasteiger partial charge in [-0.2, -0.15) is 4.52 Å². The van der Waals surface area contributed by atoms with Crippen LogP contribution in [-0.2, 0) is 4.79 Å². The number of thioether (sulfide) groups is 1. The van der Waals surface area contributed by atoms with Gasteiger partial charge in [0.05, 0.1) is 11.3 Å². The summed E-state index contributed by atoms with van der Waals surface area (Å²) in [6.45, 7) is 6.16. The van der Waals surface area contributed by atoms with Crippen LogP contribution in [0.4, 0.5) is 0 Å². The molecule has 1 fully saturated rings. The molecule has 0 bridgehead atoms. The maximum atomic E-state index is 12.8. The molecule has 3 heterocycles. The molecule has 0 spiro atoms. The molecule has 136 valence electrons. The molecule has 3 aromatic rings. The van der Waals surface area contributed by atoms with Crippen LogP contribution in [0.2, 0.25) is 0 Å². The molecular weight excluding hydrogens is 346 g/mol. The lowest BCUT2D eigenvalue weighted by atomic mass is 9.98. The van der Waals surface area contributed by atoms with Crippen molar-refractivity contribution < 1.29 is 4.79 Å². The number of fused-ring (bicyclic) bond motifs is 3. The molecule has 2 aromatic heterocycles. The van der Waals surface area contributed by atoms with Crippen molar-refractivity contribution in [3.8, 4) is 0 Å². The van der Waals surface area contributed by atoms with E-state index in [1.54, 1.807) is 4.52 Å². The Kier molecular flexibility index (Phi) is 4.56. The van der Waals surface area contributed by atoms with Crippen molar-refractivity contribution in [3.63, 3.8) is 0 Å². The summed E-state index contributed by atoms with van der Waals surface area (Å²) in [6, 6.07) is 8.53. The zero-order valence-electron chi connectivity index (χ0n) is 15.3. The first-order valence-electron chi connectivity index (χ1n) is 9.10. The number of rotatable bonds is 3. The van der Waals surface area contributed by atoms with E-state index in [2.05, 4.69) is 23.9 Å². The van der Waals surface area contributed by atoms with Gasteiger partial charge in [0, 0.05) is 17.5 Å². The van der Waals surface area contributed by atoms with Gasteiger partial charge in [-0.25, -0.2) is 9.97 Å². The number of carbonyl (C=O) groups is 1. The van der Waals surface area contributed by atoms with E-state index < -0.39 is 0 Å². The largest absolute Gasteiger partial charge is 0.337 e. The lowest BCUT2D eigenvalue weighted by Crippen LogP contribution is -2.48. The van der Waals surface area contributed by atoms with Gasteiger partial charge in [0.1, 0.15) is 5.82 Å². The summed E-state index contributed by atoms with van der Waals surface area (Å²) in [5, 5.41) is 6.17. The normalized spacial score (nSPS) is 20.8. The number of para-hydroxylation sites is 1. The van der Waals surface area contributed by atoms with Gasteiger partial charge < -0.3 is 4.90 Å². The molecule has 2 atom stereocenters. The minimum Gasteiger partial charge on any atom is -0.337 e. The highest BCUT2D eigenvalue weighted by Gasteiger charge is 2.29. The first-order valence-corrected chi connectivity index (χ1v) is 10.1. The molecular formula is C19H23N5OS. The van der Waals surface area contributed by atoms with E-state index in [9.17, 15) is 4.79 Å². The fraction of sp³-hybridized carbons (Fsp3) is 0.474. The first kappa shape index (κ1) is 17.3. The summed E-state index contributed by atoms with van der Waals surface area (Å²) in [7, 11) is 0. The Hall–Kier alpha value is -2.15. The van der Waals surface area contributed by atoms with Crippen molar-refractivity contribution in [3.05, 3.63) is 30.1 Å². The minimum absolute atomic E-state index is 0.176.